The number of hydrogen-bond acceptors (Lipinski definition) is 2. The molecule has 0 aromatic rings. The van der Waals surface area contributed by atoms with Crippen LogP contribution in [0.1, 0.15) is 33.1 Å². The molecule has 0 aromatic heterocycles. The highest BCUT2D eigenvalue weighted by Crippen LogP contribution is 2.18. The van der Waals surface area contributed by atoms with Crippen LogP contribution in [0.4, 0.5) is 0 Å². The Morgan fingerprint density at radius 3 is 2.75 bits per heavy atom. The maximum Gasteiger partial charge on any atom is 0.157 e. The maximum absolute atomic E-state index is 5.56. The van der Waals surface area contributed by atoms with Gasteiger partial charge >= 0.3 is 0 Å². The van der Waals surface area contributed by atoms with Gasteiger partial charge in [0.1, 0.15) is 0 Å². The lowest BCUT2D eigenvalue weighted by molar-refractivity contribution is -0.172. The van der Waals surface area contributed by atoms with E-state index in [2.05, 4.69) is 20.8 Å². The van der Waals surface area contributed by atoms with E-state index in [0.717, 1.165) is 13.0 Å². The molecule has 0 amide bonds. The third kappa shape index (κ3) is 4.07. The summed E-state index contributed by atoms with van der Waals surface area (Å²) in [5, 5.41) is 0. The molecular weight excluding hydrogens is 152 g/mol. The summed E-state index contributed by atoms with van der Waals surface area (Å²) in [7, 11) is 0. The molecular formula is C10H19O2. The third-order valence-corrected chi connectivity index (χ3v) is 1.80. The summed E-state index contributed by atoms with van der Waals surface area (Å²) in [5.41, 5.74) is 0.000801. The van der Waals surface area contributed by atoms with Crippen molar-refractivity contribution < 1.29 is 9.47 Å². The average molecular weight is 171 g/mol. The zero-order valence-corrected chi connectivity index (χ0v) is 8.14. The Labute approximate surface area is 75.2 Å². The van der Waals surface area contributed by atoms with Crippen LogP contribution in [-0.2, 0) is 9.47 Å². The molecule has 0 N–H and O–H groups in total. The number of ether oxygens (including phenoxy) is 2. The van der Waals surface area contributed by atoms with E-state index >= 15 is 0 Å². The minimum absolute atomic E-state index is 0.000801. The van der Waals surface area contributed by atoms with Crippen molar-refractivity contribution in [1.29, 1.82) is 0 Å². The molecule has 0 spiro atoms. The topological polar surface area (TPSA) is 18.5 Å². The van der Waals surface area contributed by atoms with E-state index in [9.17, 15) is 0 Å². The van der Waals surface area contributed by atoms with Crippen molar-refractivity contribution in [3.63, 3.8) is 0 Å². The third-order valence-electron chi connectivity index (χ3n) is 1.80. The molecule has 1 aliphatic rings. The van der Waals surface area contributed by atoms with E-state index in [1.54, 1.807) is 0 Å². The normalized spacial score (nSPS) is 25.8. The molecule has 1 unspecified atom stereocenters. The molecule has 1 saturated heterocycles. The number of rotatable bonds is 3. The largest absolute Gasteiger partial charge is 0.353 e. The summed E-state index contributed by atoms with van der Waals surface area (Å²) < 4.78 is 11.0. The van der Waals surface area contributed by atoms with Crippen LogP contribution in [0.2, 0.25) is 0 Å². The summed E-state index contributed by atoms with van der Waals surface area (Å²) in [6.07, 6.45) is 3.46. The van der Waals surface area contributed by atoms with Gasteiger partial charge in [0.25, 0.3) is 0 Å². The fourth-order valence-corrected chi connectivity index (χ4v) is 1.16. The van der Waals surface area contributed by atoms with Gasteiger partial charge in [0, 0.05) is 6.61 Å². The monoisotopic (exact) mass is 171 g/mol. The Hall–Kier alpha value is -0.0800. The molecule has 0 aliphatic carbocycles. The second-order valence-electron chi connectivity index (χ2n) is 4.27. The zero-order valence-electron chi connectivity index (χ0n) is 8.14. The molecule has 2 heteroatoms. The van der Waals surface area contributed by atoms with E-state index < -0.39 is 0 Å². The molecule has 1 radical (unpaired) electrons. The van der Waals surface area contributed by atoms with Crippen LogP contribution < -0.4 is 0 Å². The van der Waals surface area contributed by atoms with E-state index in [-0.39, 0.29) is 11.7 Å². The van der Waals surface area contributed by atoms with Crippen LogP contribution in [0, 0.1) is 12.3 Å². The first-order valence-corrected chi connectivity index (χ1v) is 4.66. The fourth-order valence-electron chi connectivity index (χ4n) is 1.16. The van der Waals surface area contributed by atoms with Gasteiger partial charge in [-0.25, -0.2) is 0 Å². The smallest absolute Gasteiger partial charge is 0.157 e. The minimum atomic E-state index is 0.000801. The van der Waals surface area contributed by atoms with Gasteiger partial charge in [-0.1, -0.05) is 13.8 Å². The van der Waals surface area contributed by atoms with Gasteiger partial charge in [-0.2, -0.15) is 0 Å². The van der Waals surface area contributed by atoms with Crippen molar-refractivity contribution in [3.8, 4) is 0 Å². The Balaban J connectivity index is 2.13. The van der Waals surface area contributed by atoms with Crippen molar-refractivity contribution in [3.05, 3.63) is 6.92 Å². The second-order valence-corrected chi connectivity index (χ2v) is 4.27. The van der Waals surface area contributed by atoms with Crippen molar-refractivity contribution in [2.45, 2.75) is 39.4 Å². The van der Waals surface area contributed by atoms with E-state index in [1.807, 2.05) is 0 Å². The van der Waals surface area contributed by atoms with E-state index in [1.165, 1.54) is 12.8 Å². The lowest BCUT2D eigenvalue weighted by Gasteiger charge is -2.26. The molecule has 71 valence electrons. The van der Waals surface area contributed by atoms with Crippen LogP contribution in [0.5, 0.6) is 0 Å². The first kappa shape index (κ1) is 10.0. The van der Waals surface area contributed by atoms with E-state index in [4.69, 9.17) is 9.47 Å². The van der Waals surface area contributed by atoms with Crippen molar-refractivity contribution in [2.24, 2.45) is 5.41 Å². The van der Waals surface area contributed by atoms with Crippen molar-refractivity contribution in [2.75, 3.05) is 13.2 Å². The van der Waals surface area contributed by atoms with Gasteiger partial charge in [0.2, 0.25) is 0 Å². The van der Waals surface area contributed by atoms with Crippen LogP contribution in [0.3, 0.4) is 0 Å². The zero-order chi connectivity index (χ0) is 9.03. The lowest BCUT2D eigenvalue weighted by Crippen LogP contribution is -2.27. The summed E-state index contributed by atoms with van der Waals surface area (Å²) in [6.45, 7) is 9.63. The SMILES string of the molecule is [CH2]C(C)(C)COC1CCCCO1. The summed E-state index contributed by atoms with van der Waals surface area (Å²) in [4.78, 5) is 0. The molecule has 1 fully saturated rings. The molecule has 12 heavy (non-hydrogen) atoms. The average Bonchev–Trinajstić information content (AvgIpc) is 2.02. The van der Waals surface area contributed by atoms with Crippen LogP contribution >= 0.6 is 0 Å². The fraction of sp³-hybridized carbons (Fsp3) is 0.900. The number of hydrogen-bond donors (Lipinski definition) is 0. The van der Waals surface area contributed by atoms with Crippen molar-refractivity contribution in [1.82, 2.24) is 0 Å². The van der Waals surface area contributed by atoms with Gasteiger partial charge in [-0.3, -0.25) is 0 Å². The second kappa shape index (κ2) is 4.24. The first-order chi connectivity index (χ1) is 5.58. The first-order valence-electron chi connectivity index (χ1n) is 4.66. The molecule has 1 rings (SSSR count). The standard InChI is InChI=1S/C10H19O2/c1-10(2,3)8-12-9-6-4-5-7-11-9/h9H,1,4-8H2,2-3H3. The van der Waals surface area contributed by atoms with Gasteiger partial charge in [0.05, 0.1) is 6.61 Å². The van der Waals surface area contributed by atoms with Crippen LogP contribution in [0.15, 0.2) is 0 Å². The predicted octanol–water partition coefficient (Wildman–Crippen LogP) is 2.39. The summed E-state index contributed by atoms with van der Waals surface area (Å²) in [6, 6.07) is 0. The molecule has 1 aliphatic heterocycles. The van der Waals surface area contributed by atoms with Gasteiger partial charge in [-0.05, 0) is 31.6 Å². The predicted molar refractivity (Wildman–Crippen MR) is 48.7 cm³/mol. The Kier molecular flexibility index (Phi) is 3.53. The molecule has 0 saturated carbocycles. The Morgan fingerprint density at radius 2 is 2.25 bits per heavy atom. The Bertz CT molecular complexity index is 120. The summed E-state index contributed by atoms with van der Waals surface area (Å²) >= 11 is 0. The van der Waals surface area contributed by atoms with Gasteiger partial charge in [0.15, 0.2) is 6.29 Å². The van der Waals surface area contributed by atoms with E-state index in [0.29, 0.717) is 6.61 Å². The highest BCUT2D eigenvalue weighted by Gasteiger charge is 2.18. The highest BCUT2D eigenvalue weighted by atomic mass is 16.7. The maximum atomic E-state index is 5.56. The molecule has 0 bridgehead atoms. The highest BCUT2D eigenvalue weighted by molar-refractivity contribution is 4.70. The molecule has 1 heterocycles. The minimum Gasteiger partial charge on any atom is -0.353 e. The van der Waals surface area contributed by atoms with Crippen molar-refractivity contribution >= 4 is 0 Å². The lowest BCUT2D eigenvalue weighted by atomic mass is 9.99. The Morgan fingerprint density at radius 1 is 1.50 bits per heavy atom. The molecule has 0 aromatic carbocycles. The quantitative estimate of drug-likeness (QED) is 0.649. The van der Waals surface area contributed by atoms with Crippen LogP contribution in [-0.4, -0.2) is 19.5 Å². The molecule has 1 atom stereocenters. The van der Waals surface area contributed by atoms with Gasteiger partial charge < -0.3 is 9.47 Å². The van der Waals surface area contributed by atoms with Crippen LogP contribution in [0.25, 0.3) is 0 Å². The molecule has 2 nitrogen and oxygen atoms in total. The van der Waals surface area contributed by atoms with Gasteiger partial charge in [-0.15, -0.1) is 0 Å². The summed E-state index contributed by atoms with van der Waals surface area (Å²) in [5.74, 6) is 0.